The standard InChI is InChI=1S/C24H23F2N3O6/c1-28-12-10-18(30)21(22(28)33)29(24(34)27-11-9-20(31)32)17-7-4-5-15(14-17)13-16-6-2-3-8-19(16)35-23(25)26/h2-8,10,12,14,23,30H,9,11,13H2,1H3,(H,27,34)(H,31,32). The first-order chi connectivity index (χ1) is 16.7. The first kappa shape index (κ1) is 25.2. The molecule has 184 valence electrons. The number of rotatable bonds is 9. The molecular formula is C24H23F2N3O6. The van der Waals surface area contributed by atoms with Crippen molar-refractivity contribution in [3.05, 3.63) is 82.3 Å². The summed E-state index contributed by atoms with van der Waals surface area (Å²) in [7, 11) is 1.45. The van der Waals surface area contributed by atoms with Crippen molar-refractivity contribution in [2.24, 2.45) is 7.05 Å². The number of carbonyl (C=O) groups excluding carboxylic acids is 1. The Morgan fingerprint density at radius 1 is 1.14 bits per heavy atom. The second-order valence-electron chi connectivity index (χ2n) is 7.51. The summed E-state index contributed by atoms with van der Waals surface area (Å²) in [5, 5.41) is 21.7. The molecule has 35 heavy (non-hydrogen) atoms. The highest BCUT2D eigenvalue weighted by Gasteiger charge is 2.25. The number of anilines is 2. The maximum Gasteiger partial charge on any atom is 0.387 e. The van der Waals surface area contributed by atoms with Gasteiger partial charge in [0.2, 0.25) is 0 Å². The number of hydrogen-bond acceptors (Lipinski definition) is 5. The molecule has 11 heteroatoms. The van der Waals surface area contributed by atoms with E-state index < -0.39 is 29.9 Å². The molecule has 0 saturated carbocycles. The summed E-state index contributed by atoms with van der Waals surface area (Å²) in [5.74, 6) is -1.57. The zero-order valence-corrected chi connectivity index (χ0v) is 18.6. The Hall–Kier alpha value is -4.41. The van der Waals surface area contributed by atoms with Gasteiger partial charge in [-0.2, -0.15) is 8.78 Å². The van der Waals surface area contributed by atoms with Crippen LogP contribution in [0, 0.1) is 0 Å². The van der Waals surface area contributed by atoms with E-state index in [1.807, 2.05) is 0 Å². The number of carboxylic acids is 1. The van der Waals surface area contributed by atoms with E-state index >= 15 is 0 Å². The highest BCUT2D eigenvalue weighted by atomic mass is 19.3. The Balaban J connectivity index is 2.02. The average molecular weight is 487 g/mol. The molecule has 0 radical (unpaired) electrons. The number of aromatic nitrogens is 1. The number of pyridine rings is 1. The maximum absolute atomic E-state index is 13.0. The van der Waals surface area contributed by atoms with Crippen molar-refractivity contribution in [1.29, 1.82) is 0 Å². The number of aryl methyl sites for hydroxylation is 1. The molecule has 1 heterocycles. The highest BCUT2D eigenvalue weighted by molar-refractivity contribution is 6.00. The van der Waals surface area contributed by atoms with Gasteiger partial charge in [0, 0.05) is 26.2 Å². The molecule has 0 atom stereocenters. The van der Waals surface area contributed by atoms with Gasteiger partial charge in [-0.3, -0.25) is 14.5 Å². The van der Waals surface area contributed by atoms with Crippen LogP contribution in [0.1, 0.15) is 17.5 Å². The normalized spacial score (nSPS) is 10.7. The minimum absolute atomic E-state index is 0.00532. The third kappa shape index (κ3) is 6.34. The smallest absolute Gasteiger partial charge is 0.387 e. The Kier molecular flexibility index (Phi) is 8.03. The van der Waals surface area contributed by atoms with E-state index in [0.717, 1.165) is 4.90 Å². The number of aliphatic carboxylic acids is 1. The summed E-state index contributed by atoms with van der Waals surface area (Å²) in [6.45, 7) is -3.21. The molecule has 0 bridgehead atoms. The van der Waals surface area contributed by atoms with Gasteiger partial charge < -0.3 is 24.8 Å². The number of ether oxygens (including phenoxy) is 1. The number of nitrogens with zero attached hydrogens (tertiary/aromatic N) is 2. The predicted molar refractivity (Wildman–Crippen MR) is 123 cm³/mol. The van der Waals surface area contributed by atoms with Crippen molar-refractivity contribution < 1.29 is 33.3 Å². The van der Waals surface area contributed by atoms with Gasteiger partial charge in [-0.25, -0.2) is 4.79 Å². The lowest BCUT2D eigenvalue weighted by molar-refractivity contribution is -0.136. The van der Waals surface area contributed by atoms with Crippen molar-refractivity contribution in [3.63, 3.8) is 0 Å². The van der Waals surface area contributed by atoms with Crippen LogP contribution in [0.4, 0.5) is 25.0 Å². The summed E-state index contributed by atoms with van der Waals surface area (Å²) < 4.78 is 31.3. The van der Waals surface area contributed by atoms with E-state index in [0.29, 0.717) is 11.1 Å². The van der Waals surface area contributed by atoms with Crippen LogP contribution in [-0.4, -0.2) is 39.9 Å². The van der Waals surface area contributed by atoms with Gasteiger partial charge in [0.05, 0.1) is 12.1 Å². The zero-order valence-electron chi connectivity index (χ0n) is 18.6. The second-order valence-corrected chi connectivity index (χ2v) is 7.51. The lowest BCUT2D eigenvalue weighted by Gasteiger charge is -2.24. The molecule has 3 rings (SSSR count). The maximum atomic E-state index is 13.0. The molecule has 0 aliphatic carbocycles. The molecule has 0 spiro atoms. The van der Waals surface area contributed by atoms with Crippen LogP contribution in [0.5, 0.6) is 11.5 Å². The number of nitrogens with one attached hydrogen (secondary N) is 1. The van der Waals surface area contributed by atoms with Crippen LogP contribution in [0.3, 0.4) is 0 Å². The number of halogens is 2. The van der Waals surface area contributed by atoms with Gasteiger partial charge in [-0.15, -0.1) is 0 Å². The molecule has 0 saturated heterocycles. The van der Waals surface area contributed by atoms with Gasteiger partial charge in [-0.1, -0.05) is 30.3 Å². The van der Waals surface area contributed by atoms with Crippen LogP contribution in [0.15, 0.2) is 65.6 Å². The summed E-state index contributed by atoms with van der Waals surface area (Å²) in [4.78, 5) is 37.6. The highest BCUT2D eigenvalue weighted by Crippen LogP contribution is 2.31. The van der Waals surface area contributed by atoms with Gasteiger partial charge >= 0.3 is 18.6 Å². The molecular weight excluding hydrogens is 464 g/mol. The van der Waals surface area contributed by atoms with Crippen LogP contribution >= 0.6 is 0 Å². The van der Waals surface area contributed by atoms with Crippen molar-refractivity contribution in [3.8, 4) is 11.5 Å². The fourth-order valence-electron chi connectivity index (χ4n) is 3.41. The number of aromatic hydroxyl groups is 1. The first-order valence-corrected chi connectivity index (χ1v) is 10.5. The Morgan fingerprint density at radius 3 is 2.60 bits per heavy atom. The van der Waals surface area contributed by atoms with E-state index in [9.17, 15) is 28.3 Å². The third-order valence-corrected chi connectivity index (χ3v) is 5.02. The van der Waals surface area contributed by atoms with Gasteiger partial charge in [0.1, 0.15) is 11.5 Å². The van der Waals surface area contributed by atoms with Crippen LogP contribution in [-0.2, 0) is 18.3 Å². The van der Waals surface area contributed by atoms with Crippen LogP contribution < -0.4 is 20.5 Å². The molecule has 9 nitrogen and oxygen atoms in total. The van der Waals surface area contributed by atoms with Crippen molar-refractivity contribution in [2.45, 2.75) is 19.5 Å². The van der Waals surface area contributed by atoms with E-state index in [1.165, 1.54) is 36.0 Å². The minimum Gasteiger partial charge on any atom is -0.505 e. The molecule has 2 aromatic carbocycles. The van der Waals surface area contributed by atoms with Crippen molar-refractivity contribution in [1.82, 2.24) is 9.88 Å². The Morgan fingerprint density at radius 2 is 1.89 bits per heavy atom. The topological polar surface area (TPSA) is 121 Å². The lowest BCUT2D eigenvalue weighted by Crippen LogP contribution is -2.41. The van der Waals surface area contributed by atoms with Crippen molar-refractivity contribution >= 4 is 23.4 Å². The average Bonchev–Trinajstić information content (AvgIpc) is 2.80. The fourth-order valence-corrected chi connectivity index (χ4v) is 3.41. The molecule has 1 aromatic heterocycles. The molecule has 3 aromatic rings. The number of alkyl halides is 2. The molecule has 0 unspecified atom stereocenters. The number of carboxylic acid groups (broad SMARTS) is 1. The number of carbonyl (C=O) groups is 2. The Bertz CT molecular complexity index is 1280. The van der Waals surface area contributed by atoms with E-state index in [-0.39, 0.29) is 36.5 Å². The molecule has 0 fully saturated rings. The molecule has 2 amide bonds. The number of benzene rings is 2. The first-order valence-electron chi connectivity index (χ1n) is 10.5. The number of amides is 2. The van der Waals surface area contributed by atoms with Gasteiger partial charge in [0.25, 0.3) is 5.56 Å². The van der Waals surface area contributed by atoms with E-state index in [2.05, 4.69) is 10.1 Å². The predicted octanol–water partition coefficient (Wildman–Crippen LogP) is 3.61. The van der Waals surface area contributed by atoms with Gasteiger partial charge in [-0.05, 0) is 35.4 Å². The molecule has 3 N–H and O–H groups in total. The monoisotopic (exact) mass is 487 g/mol. The van der Waals surface area contributed by atoms with Crippen LogP contribution in [0.2, 0.25) is 0 Å². The number of hydrogen-bond donors (Lipinski definition) is 3. The number of para-hydroxylation sites is 1. The quantitative estimate of drug-likeness (QED) is 0.424. The minimum atomic E-state index is -3.00. The van der Waals surface area contributed by atoms with E-state index in [1.54, 1.807) is 36.4 Å². The summed E-state index contributed by atoms with van der Waals surface area (Å²) in [6, 6.07) is 13.1. The molecule has 0 aliphatic heterocycles. The fraction of sp³-hybridized carbons (Fsp3) is 0.208. The summed E-state index contributed by atoms with van der Waals surface area (Å²) in [5.41, 5.74) is 0.270. The van der Waals surface area contributed by atoms with Gasteiger partial charge in [0.15, 0.2) is 5.69 Å². The number of urea groups is 1. The second kappa shape index (κ2) is 11.1. The summed E-state index contributed by atoms with van der Waals surface area (Å²) >= 11 is 0. The summed E-state index contributed by atoms with van der Waals surface area (Å²) in [6.07, 6.45) is 1.15. The lowest BCUT2D eigenvalue weighted by atomic mass is 10.0. The largest absolute Gasteiger partial charge is 0.505 e. The van der Waals surface area contributed by atoms with E-state index in [4.69, 9.17) is 5.11 Å². The zero-order chi connectivity index (χ0) is 25.5. The third-order valence-electron chi connectivity index (χ3n) is 5.02. The Labute approximate surface area is 198 Å². The van der Waals surface area contributed by atoms with Crippen LogP contribution in [0.25, 0.3) is 0 Å². The SMILES string of the molecule is Cn1ccc(O)c(N(C(=O)NCCC(=O)O)c2cccc(Cc3ccccc3OC(F)F)c2)c1=O. The molecule has 0 aliphatic rings. The van der Waals surface area contributed by atoms with Crippen molar-refractivity contribution in [2.75, 3.05) is 11.4 Å².